The molecule has 80 valence electrons. The number of hydrogen-bond acceptors (Lipinski definition) is 4. The summed E-state index contributed by atoms with van der Waals surface area (Å²) in [7, 11) is 1.81. The van der Waals surface area contributed by atoms with Gasteiger partial charge in [0.1, 0.15) is 5.60 Å². The topological polar surface area (TPSA) is 63.0 Å². The van der Waals surface area contributed by atoms with Crippen LogP contribution in [0.5, 0.6) is 0 Å². The molecule has 14 heavy (non-hydrogen) atoms. The van der Waals surface area contributed by atoms with E-state index in [1.807, 2.05) is 7.05 Å². The van der Waals surface area contributed by atoms with Crippen LogP contribution >= 0.6 is 0 Å². The van der Waals surface area contributed by atoms with Crippen molar-refractivity contribution in [3.8, 4) is 0 Å². The highest BCUT2D eigenvalue weighted by molar-refractivity contribution is 5.07. The van der Waals surface area contributed by atoms with E-state index in [-0.39, 0.29) is 0 Å². The number of aryl methyl sites for hydroxylation is 1. The van der Waals surface area contributed by atoms with E-state index in [9.17, 15) is 5.11 Å². The number of hydrogen-bond donors (Lipinski definition) is 2. The van der Waals surface area contributed by atoms with E-state index in [1.165, 1.54) is 0 Å². The first-order valence-electron chi connectivity index (χ1n) is 4.87. The Morgan fingerprint density at radius 1 is 1.64 bits per heavy atom. The predicted octanol–water partition coefficient (Wildman–Crippen LogP) is 0.115. The van der Waals surface area contributed by atoms with Crippen LogP contribution in [0, 0.1) is 0 Å². The van der Waals surface area contributed by atoms with E-state index in [2.05, 4.69) is 22.6 Å². The summed E-state index contributed by atoms with van der Waals surface area (Å²) in [6, 6.07) is 0. The second-order valence-corrected chi connectivity index (χ2v) is 3.65. The largest absolute Gasteiger partial charge is 0.382 e. The van der Waals surface area contributed by atoms with Crippen LogP contribution in [0.4, 0.5) is 0 Å². The molecule has 1 rings (SSSR count). The minimum atomic E-state index is -0.909. The fraction of sp³-hybridized carbons (Fsp3) is 0.778. The number of aromatic nitrogens is 3. The lowest BCUT2D eigenvalue weighted by Crippen LogP contribution is -2.35. The van der Waals surface area contributed by atoms with Crippen molar-refractivity contribution in [3.63, 3.8) is 0 Å². The van der Waals surface area contributed by atoms with Crippen molar-refractivity contribution >= 4 is 0 Å². The first kappa shape index (κ1) is 11.1. The molecule has 1 atom stereocenters. The summed E-state index contributed by atoms with van der Waals surface area (Å²) in [5.41, 5.74) is -0.151. The minimum Gasteiger partial charge on any atom is -0.382 e. The van der Waals surface area contributed by atoms with Gasteiger partial charge in [0.2, 0.25) is 0 Å². The van der Waals surface area contributed by atoms with E-state index < -0.39 is 5.60 Å². The maximum absolute atomic E-state index is 10.1. The third kappa shape index (κ3) is 2.30. The third-order valence-electron chi connectivity index (χ3n) is 2.13. The van der Waals surface area contributed by atoms with Crippen LogP contribution in [-0.4, -0.2) is 33.7 Å². The van der Waals surface area contributed by atoms with Crippen LogP contribution in [0.2, 0.25) is 0 Å². The van der Waals surface area contributed by atoms with Crippen molar-refractivity contribution in [1.82, 2.24) is 20.3 Å². The van der Waals surface area contributed by atoms with Gasteiger partial charge in [0.15, 0.2) is 0 Å². The molecule has 1 unspecified atom stereocenters. The monoisotopic (exact) mass is 198 g/mol. The molecule has 1 aromatic rings. The summed E-state index contributed by atoms with van der Waals surface area (Å²) in [6.07, 6.45) is 2.60. The zero-order valence-electron chi connectivity index (χ0n) is 8.99. The molecule has 0 aliphatic carbocycles. The molecule has 0 fully saturated rings. The van der Waals surface area contributed by atoms with Gasteiger partial charge in [0, 0.05) is 13.1 Å². The normalized spacial score (nSPS) is 15.4. The van der Waals surface area contributed by atoms with E-state index >= 15 is 0 Å². The SMILES string of the molecule is CCCn1nncc1C(C)(O)CNC. The van der Waals surface area contributed by atoms with Gasteiger partial charge in [0.25, 0.3) is 0 Å². The Kier molecular flexibility index (Phi) is 3.60. The molecule has 0 aromatic carbocycles. The van der Waals surface area contributed by atoms with Crippen molar-refractivity contribution in [1.29, 1.82) is 0 Å². The predicted molar refractivity (Wildman–Crippen MR) is 53.8 cm³/mol. The van der Waals surface area contributed by atoms with Gasteiger partial charge >= 0.3 is 0 Å². The second-order valence-electron chi connectivity index (χ2n) is 3.65. The van der Waals surface area contributed by atoms with Crippen LogP contribution in [0.3, 0.4) is 0 Å². The van der Waals surface area contributed by atoms with Crippen molar-refractivity contribution in [2.24, 2.45) is 0 Å². The Balaban J connectivity index is 2.87. The van der Waals surface area contributed by atoms with Gasteiger partial charge in [-0.1, -0.05) is 12.1 Å². The Morgan fingerprint density at radius 3 is 2.93 bits per heavy atom. The van der Waals surface area contributed by atoms with Gasteiger partial charge in [-0.25, -0.2) is 4.68 Å². The fourth-order valence-electron chi connectivity index (χ4n) is 1.49. The number of nitrogens with one attached hydrogen (secondary N) is 1. The molecule has 0 saturated heterocycles. The van der Waals surface area contributed by atoms with E-state index in [0.29, 0.717) is 6.54 Å². The fourth-order valence-corrected chi connectivity index (χ4v) is 1.49. The molecule has 1 heterocycles. The molecule has 5 heteroatoms. The maximum atomic E-state index is 10.1. The first-order chi connectivity index (χ1) is 6.61. The molecular weight excluding hydrogens is 180 g/mol. The Hall–Kier alpha value is -0.940. The molecule has 0 bridgehead atoms. The van der Waals surface area contributed by atoms with Crippen molar-refractivity contribution in [3.05, 3.63) is 11.9 Å². The summed E-state index contributed by atoms with van der Waals surface area (Å²) in [4.78, 5) is 0. The molecule has 0 spiro atoms. The van der Waals surface area contributed by atoms with Crippen LogP contribution in [-0.2, 0) is 12.1 Å². The van der Waals surface area contributed by atoms with Crippen molar-refractivity contribution < 1.29 is 5.11 Å². The van der Waals surface area contributed by atoms with Crippen LogP contribution < -0.4 is 5.32 Å². The number of likely N-dealkylation sites (N-methyl/N-ethyl adjacent to an activating group) is 1. The van der Waals surface area contributed by atoms with Crippen LogP contribution in [0.25, 0.3) is 0 Å². The smallest absolute Gasteiger partial charge is 0.117 e. The van der Waals surface area contributed by atoms with Gasteiger partial charge in [-0.3, -0.25) is 0 Å². The summed E-state index contributed by atoms with van der Waals surface area (Å²) >= 11 is 0. The van der Waals surface area contributed by atoms with Gasteiger partial charge in [-0.2, -0.15) is 0 Å². The van der Waals surface area contributed by atoms with Crippen molar-refractivity contribution in [2.75, 3.05) is 13.6 Å². The Labute approximate surface area is 84.1 Å². The molecule has 0 aliphatic rings. The zero-order chi connectivity index (χ0) is 10.6. The van der Waals surface area contributed by atoms with E-state index in [4.69, 9.17) is 0 Å². The molecule has 0 radical (unpaired) electrons. The van der Waals surface area contributed by atoms with Gasteiger partial charge in [-0.15, -0.1) is 5.10 Å². The molecule has 0 amide bonds. The van der Waals surface area contributed by atoms with E-state index in [1.54, 1.807) is 17.8 Å². The average Bonchev–Trinajstić information content (AvgIpc) is 2.53. The molecule has 0 aliphatic heterocycles. The number of rotatable bonds is 5. The quantitative estimate of drug-likeness (QED) is 0.705. The summed E-state index contributed by atoms with van der Waals surface area (Å²) in [5, 5.41) is 20.8. The number of aliphatic hydroxyl groups is 1. The molecular formula is C9H18N4O. The van der Waals surface area contributed by atoms with E-state index in [0.717, 1.165) is 18.7 Å². The van der Waals surface area contributed by atoms with Gasteiger partial charge in [0.05, 0.1) is 11.9 Å². The molecule has 1 aromatic heterocycles. The van der Waals surface area contributed by atoms with Gasteiger partial charge < -0.3 is 10.4 Å². The average molecular weight is 198 g/mol. The molecule has 2 N–H and O–H groups in total. The highest BCUT2D eigenvalue weighted by Crippen LogP contribution is 2.18. The van der Waals surface area contributed by atoms with Crippen LogP contribution in [0.15, 0.2) is 6.20 Å². The molecule has 0 saturated carbocycles. The Bertz CT molecular complexity index is 282. The molecule has 5 nitrogen and oxygen atoms in total. The lowest BCUT2D eigenvalue weighted by Gasteiger charge is -2.23. The first-order valence-corrected chi connectivity index (χ1v) is 4.87. The van der Waals surface area contributed by atoms with Gasteiger partial charge in [-0.05, 0) is 20.4 Å². The second kappa shape index (κ2) is 4.52. The van der Waals surface area contributed by atoms with Crippen LogP contribution in [0.1, 0.15) is 26.0 Å². The number of nitrogens with zero attached hydrogens (tertiary/aromatic N) is 3. The summed E-state index contributed by atoms with van der Waals surface area (Å²) < 4.78 is 1.75. The lowest BCUT2D eigenvalue weighted by molar-refractivity contribution is 0.0494. The summed E-state index contributed by atoms with van der Waals surface area (Å²) in [6.45, 7) is 5.10. The standard InChI is InChI=1S/C9H18N4O/c1-4-5-13-8(6-11-12-13)9(2,14)7-10-3/h6,10,14H,4-5,7H2,1-3H3. The third-order valence-corrected chi connectivity index (χ3v) is 2.13. The highest BCUT2D eigenvalue weighted by atomic mass is 16.3. The minimum absolute atomic E-state index is 0.490. The van der Waals surface area contributed by atoms with Crippen molar-refractivity contribution in [2.45, 2.75) is 32.4 Å². The lowest BCUT2D eigenvalue weighted by atomic mass is 10.0. The summed E-state index contributed by atoms with van der Waals surface area (Å²) in [5.74, 6) is 0. The maximum Gasteiger partial charge on any atom is 0.117 e. The highest BCUT2D eigenvalue weighted by Gasteiger charge is 2.26. The zero-order valence-corrected chi connectivity index (χ0v) is 8.99. The Morgan fingerprint density at radius 2 is 2.36 bits per heavy atom.